The van der Waals surface area contributed by atoms with Crippen LogP contribution in [-0.2, 0) is 19.1 Å². The highest BCUT2D eigenvalue weighted by Gasteiger charge is 2.52. The van der Waals surface area contributed by atoms with E-state index in [0.29, 0.717) is 18.3 Å². The van der Waals surface area contributed by atoms with Gasteiger partial charge in [0.15, 0.2) is 6.61 Å². The number of hydrogen-bond acceptors (Lipinski definition) is 4. The minimum absolute atomic E-state index is 0.129. The Bertz CT molecular complexity index is 410. The average molecular weight is 296 g/mol. The summed E-state index contributed by atoms with van der Waals surface area (Å²) in [5, 5.41) is 0. The predicted octanol–water partition coefficient (Wildman–Crippen LogP) is 3.48. The molecule has 0 amide bonds. The summed E-state index contributed by atoms with van der Waals surface area (Å²) in [5.74, 6) is 0.484. The van der Waals surface area contributed by atoms with Crippen molar-refractivity contribution < 1.29 is 19.1 Å². The molecule has 0 aromatic carbocycles. The summed E-state index contributed by atoms with van der Waals surface area (Å²) in [5.41, 5.74) is -0.424. The van der Waals surface area contributed by atoms with Gasteiger partial charge in [0, 0.05) is 0 Å². The Morgan fingerprint density at radius 3 is 2.38 bits per heavy atom. The summed E-state index contributed by atoms with van der Waals surface area (Å²) in [6.45, 7) is 7.73. The van der Waals surface area contributed by atoms with Crippen molar-refractivity contribution in [3.63, 3.8) is 0 Å². The van der Waals surface area contributed by atoms with Crippen molar-refractivity contribution in [2.24, 2.45) is 17.3 Å². The first kappa shape index (κ1) is 16.3. The first-order chi connectivity index (χ1) is 9.74. The van der Waals surface area contributed by atoms with Crippen molar-refractivity contribution in [2.45, 2.75) is 71.8 Å². The molecule has 2 aliphatic carbocycles. The highest BCUT2D eigenvalue weighted by atomic mass is 16.6. The Balaban J connectivity index is 1.80. The fourth-order valence-corrected chi connectivity index (χ4v) is 3.90. The number of carbonyl (C=O) groups is 2. The molecule has 0 aromatic rings. The van der Waals surface area contributed by atoms with Crippen LogP contribution >= 0.6 is 0 Å². The summed E-state index contributed by atoms with van der Waals surface area (Å²) in [4.78, 5) is 23.7. The van der Waals surface area contributed by atoms with Crippen LogP contribution in [0.3, 0.4) is 0 Å². The molecule has 0 aromatic heterocycles. The fourth-order valence-electron chi connectivity index (χ4n) is 3.90. The number of hydrogen-bond donors (Lipinski definition) is 0. The molecule has 0 spiro atoms. The summed E-state index contributed by atoms with van der Waals surface area (Å²) < 4.78 is 10.8. The van der Waals surface area contributed by atoms with E-state index < -0.39 is 5.97 Å². The van der Waals surface area contributed by atoms with E-state index in [4.69, 9.17) is 9.47 Å². The second-order valence-electron chi connectivity index (χ2n) is 7.87. The summed E-state index contributed by atoms with van der Waals surface area (Å²) >= 11 is 0. The molecule has 4 nitrogen and oxygen atoms in total. The number of esters is 2. The molecule has 120 valence electrons. The van der Waals surface area contributed by atoms with Crippen molar-refractivity contribution in [1.82, 2.24) is 0 Å². The molecule has 0 N–H and O–H groups in total. The first-order valence-corrected chi connectivity index (χ1v) is 8.11. The molecule has 21 heavy (non-hydrogen) atoms. The maximum absolute atomic E-state index is 12.0. The van der Waals surface area contributed by atoms with E-state index in [-0.39, 0.29) is 23.6 Å². The van der Waals surface area contributed by atoms with Gasteiger partial charge in [-0.2, -0.15) is 0 Å². The fraction of sp³-hybridized carbons (Fsp3) is 0.882. The van der Waals surface area contributed by atoms with Crippen LogP contribution in [0.1, 0.15) is 66.2 Å². The highest BCUT2D eigenvalue weighted by Crippen LogP contribution is 2.54. The monoisotopic (exact) mass is 296 g/mol. The number of rotatable bonds is 5. The second kappa shape index (κ2) is 5.98. The molecule has 0 aliphatic heterocycles. The first-order valence-electron chi connectivity index (χ1n) is 8.11. The lowest BCUT2D eigenvalue weighted by molar-refractivity contribution is -0.176. The zero-order chi connectivity index (χ0) is 15.7. The van der Waals surface area contributed by atoms with Crippen molar-refractivity contribution >= 4 is 11.9 Å². The van der Waals surface area contributed by atoms with Crippen LogP contribution in [0.25, 0.3) is 0 Å². The predicted molar refractivity (Wildman–Crippen MR) is 79.6 cm³/mol. The van der Waals surface area contributed by atoms with Crippen molar-refractivity contribution in [2.75, 3.05) is 6.61 Å². The Morgan fingerprint density at radius 1 is 1.19 bits per heavy atom. The Hall–Kier alpha value is -1.06. The van der Waals surface area contributed by atoms with Crippen LogP contribution < -0.4 is 0 Å². The van der Waals surface area contributed by atoms with Gasteiger partial charge in [-0.3, -0.25) is 4.79 Å². The molecule has 0 heterocycles. The highest BCUT2D eigenvalue weighted by molar-refractivity contribution is 5.77. The maximum atomic E-state index is 12.0. The summed E-state index contributed by atoms with van der Waals surface area (Å²) in [6.07, 6.45) is 5.76. The van der Waals surface area contributed by atoms with E-state index in [1.807, 2.05) is 20.8 Å². The van der Waals surface area contributed by atoms with E-state index in [9.17, 15) is 9.59 Å². The third-order valence-electron chi connectivity index (χ3n) is 4.86. The van der Waals surface area contributed by atoms with Gasteiger partial charge in [0.2, 0.25) is 0 Å². The van der Waals surface area contributed by atoms with Gasteiger partial charge in [-0.15, -0.1) is 0 Å². The lowest BCUT2D eigenvalue weighted by atomic mass is 9.82. The minimum atomic E-state index is -0.397. The molecular weight excluding hydrogens is 268 g/mol. The smallest absolute Gasteiger partial charge is 0.344 e. The average Bonchev–Trinajstić information content (AvgIpc) is 2.95. The Morgan fingerprint density at radius 2 is 1.90 bits per heavy atom. The van der Waals surface area contributed by atoms with E-state index in [1.165, 1.54) is 12.8 Å². The Kier molecular flexibility index (Phi) is 4.64. The topological polar surface area (TPSA) is 52.6 Å². The van der Waals surface area contributed by atoms with Crippen LogP contribution in [0, 0.1) is 17.3 Å². The summed E-state index contributed by atoms with van der Waals surface area (Å²) in [6, 6.07) is 0. The van der Waals surface area contributed by atoms with Gasteiger partial charge in [0.1, 0.15) is 5.60 Å². The largest absolute Gasteiger partial charge is 0.456 e. The molecule has 2 rings (SSSR count). The number of ether oxygens (including phenoxy) is 2. The summed E-state index contributed by atoms with van der Waals surface area (Å²) in [7, 11) is 0. The number of carbonyl (C=O) groups excluding carboxylic acids is 2. The van der Waals surface area contributed by atoms with Crippen LogP contribution in [0.2, 0.25) is 0 Å². The third kappa shape index (κ3) is 3.98. The molecule has 2 bridgehead atoms. The van der Waals surface area contributed by atoms with Crippen LogP contribution in [0.15, 0.2) is 0 Å². The van der Waals surface area contributed by atoms with Gasteiger partial charge < -0.3 is 9.47 Å². The zero-order valence-corrected chi connectivity index (χ0v) is 13.7. The van der Waals surface area contributed by atoms with Gasteiger partial charge in [-0.25, -0.2) is 4.79 Å². The van der Waals surface area contributed by atoms with Crippen molar-refractivity contribution in [1.29, 1.82) is 0 Å². The van der Waals surface area contributed by atoms with Crippen LogP contribution in [0.4, 0.5) is 0 Å². The number of fused-ring (bicyclic) bond motifs is 2. The van der Waals surface area contributed by atoms with Gasteiger partial charge in [-0.1, -0.05) is 27.7 Å². The van der Waals surface area contributed by atoms with E-state index >= 15 is 0 Å². The van der Waals surface area contributed by atoms with E-state index in [0.717, 1.165) is 19.3 Å². The molecule has 2 aliphatic rings. The molecule has 0 radical (unpaired) electrons. The van der Waals surface area contributed by atoms with Crippen LogP contribution in [0.5, 0.6) is 0 Å². The van der Waals surface area contributed by atoms with Gasteiger partial charge >= 0.3 is 11.9 Å². The van der Waals surface area contributed by atoms with Crippen molar-refractivity contribution in [3.8, 4) is 0 Å². The third-order valence-corrected chi connectivity index (χ3v) is 4.86. The zero-order valence-electron chi connectivity index (χ0n) is 13.7. The lowest BCUT2D eigenvalue weighted by Gasteiger charge is -2.36. The van der Waals surface area contributed by atoms with Gasteiger partial charge in [0.05, 0.1) is 6.42 Å². The molecular formula is C17H28O4. The standard InChI is InChI=1S/C17H28O4/c1-5-17(9-12-6-7-13(17)8-12)21-15(19)11-20-14(18)10-16(2,3)4/h12-13H,5-11H2,1-4H3. The molecule has 4 heteroatoms. The van der Waals surface area contributed by atoms with E-state index in [2.05, 4.69) is 6.92 Å². The van der Waals surface area contributed by atoms with Crippen LogP contribution in [-0.4, -0.2) is 24.1 Å². The molecule has 0 saturated heterocycles. The lowest BCUT2D eigenvalue weighted by Crippen LogP contribution is -2.41. The van der Waals surface area contributed by atoms with E-state index in [1.54, 1.807) is 0 Å². The normalized spacial score (nSPS) is 31.2. The SMILES string of the molecule is CCC1(OC(=O)COC(=O)CC(C)(C)C)CC2CCC1C2. The van der Waals surface area contributed by atoms with Gasteiger partial charge in [0.25, 0.3) is 0 Å². The molecule has 2 fully saturated rings. The second-order valence-corrected chi connectivity index (χ2v) is 7.87. The van der Waals surface area contributed by atoms with Crippen molar-refractivity contribution in [3.05, 3.63) is 0 Å². The molecule has 2 saturated carbocycles. The molecule has 3 atom stereocenters. The quantitative estimate of drug-likeness (QED) is 0.729. The minimum Gasteiger partial charge on any atom is -0.456 e. The van der Waals surface area contributed by atoms with Gasteiger partial charge in [-0.05, 0) is 49.4 Å². The Labute approximate surface area is 127 Å². The maximum Gasteiger partial charge on any atom is 0.344 e. The molecule has 3 unspecified atom stereocenters.